The number of nitro groups is 2. The zero-order chi connectivity index (χ0) is 24.6. The lowest BCUT2D eigenvalue weighted by atomic mass is 10.1. The van der Waals surface area contributed by atoms with Crippen molar-refractivity contribution in [3.8, 4) is 0 Å². The van der Waals surface area contributed by atoms with Gasteiger partial charge in [-0.2, -0.15) is 8.78 Å². The Morgan fingerprint density at radius 1 is 0.656 bits per heavy atom. The Labute approximate surface area is 178 Å². The SMILES string of the molecule is COC(OC)c1c(F)ccc([N+](=O)[O-])c1F.COC(OC)c1c(F)ccc([N+](=O)[O-])c1F. The van der Waals surface area contributed by atoms with E-state index in [9.17, 15) is 37.8 Å². The second-order valence-corrected chi connectivity index (χ2v) is 5.71. The predicted octanol–water partition coefficient (Wildman–Crippen LogP) is 4.33. The fourth-order valence-corrected chi connectivity index (χ4v) is 2.49. The number of ether oxygens (including phenoxy) is 4. The van der Waals surface area contributed by atoms with E-state index in [1.165, 1.54) is 28.4 Å². The molecule has 0 amide bonds. The number of nitrogens with zero attached hydrogens (tertiary/aromatic N) is 2. The van der Waals surface area contributed by atoms with Gasteiger partial charge in [0.05, 0.1) is 21.0 Å². The summed E-state index contributed by atoms with van der Waals surface area (Å²) in [6.07, 6.45) is -2.64. The quantitative estimate of drug-likeness (QED) is 0.244. The minimum absolute atomic E-state index is 0.612. The molecule has 2 aromatic carbocycles. The lowest BCUT2D eigenvalue weighted by Crippen LogP contribution is -2.10. The third-order valence-corrected chi connectivity index (χ3v) is 3.93. The van der Waals surface area contributed by atoms with Crippen molar-refractivity contribution < 1.29 is 46.4 Å². The van der Waals surface area contributed by atoms with Crippen molar-refractivity contribution in [3.05, 3.63) is 78.9 Å². The fourth-order valence-electron chi connectivity index (χ4n) is 2.49. The Kier molecular flexibility index (Phi) is 10.1. The first-order valence-corrected chi connectivity index (χ1v) is 8.41. The molecule has 0 unspecified atom stereocenters. The smallest absolute Gasteiger partial charge is 0.305 e. The van der Waals surface area contributed by atoms with E-state index in [2.05, 4.69) is 18.9 Å². The number of hydrogen-bond donors (Lipinski definition) is 0. The number of methoxy groups -OCH3 is 4. The number of rotatable bonds is 8. The van der Waals surface area contributed by atoms with Gasteiger partial charge in [0.15, 0.2) is 12.6 Å². The fraction of sp³-hybridized carbons (Fsp3) is 0.333. The Hall–Kier alpha value is -3.20. The van der Waals surface area contributed by atoms with E-state index in [0.29, 0.717) is 0 Å². The van der Waals surface area contributed by atoms with Crippen LogP contribution in [0.15, 0.2) is 24.3 Å². The second-order valence-electron chi connectivity index (χ2n) is 5.71. The molecule has 32 heavy (non-hydrogen) atoms. The minimum atomic E-state index is -1.32. The van der Waals surface area contributed by atoms with Gasteiger partial charge >= 0.3 is 11.4 Å². The molecular formula is C18H18F4N2O8. The van der Waals surface area contributed by atoms with E-state index in [1.54, 1.807) is 0 Å². The lowest BCUT2D eigenvalue weighted by Gasteiger charge is -2.14. The van der Waals surface area contributed by atoms with Crippen molar-refractivity contribution in [2.45, 2.75) is 12.6 Å². The van der Waals surface area contributed by atoms with Crippen molar-refractivity contribution in [3.63, 3.8) is 0 Å². The van der Waals surface area contributed by atoms with Crippen molar-refractivity contribution in [2.75, 3.05) is 28.4 Å². The lowest BCUT2D eigenvalue weighted by molar-refractivity contribution is -0.387. The highest BCUT2D eigenvalue weighted by Gasteiger charge is 2.28. The largest absolute Gasteiger partial charge is 0.351 e. The van der Waals surface area contributed by atoms with Gasteiger partial charge < -0.3 is 18.9 Å². The molecule has 2 aromatic rings. The Bertz CT molecular complexity index is 891. The van der Waals surface area contributed by atoms with Crippen LogP contribution in [-0.4, -0.2) is 38.3 Å². The van der Waals surface area contributed by atoms with Crippen LogP contribution in [0.3, 0.4) is 0 Å². The summed E-state index contributed by atoms with van der Waals surface area (Å²) in [5, 5.41) is 20.9. The highest BCUT2D eigenvalue weighted by atomic mass is 19.1. The average Bonchev–Trinajstić information content (AvgIpc) is 2.74. The first-order chi connectivity index (χ1) is 15.0. The summed E-state index contributed by atoms with van der Waals surface area (Å²) in [4.78, 5) is 19.0. The first-order valence-electron chi connectivity index (χ1n) is 8.41. The van der Waals surface area contributed by atoms with Crippen LogP contribution >= 0.6 is 0 Å². The normalized spacial score (nSPS) is 10.8. The molecule has 0 aromatic heterocycles. The van der Waals surface area contributed by atoms with Crippen LogP contribution in [-0.2, 0) is 18.9 Å². The molecule has 2 rings (SSSR count). The summed E-state index contributed by atoms with van der Waals surface area (Å²) in [5.74, 6) is -4.51. The third kappa shape index (κ3) is 5.94. The van der Waals surface area contributed by atoms with Crippen molar-refractivity contribution >= 4 is 11.4 Å². The van der Waals surface area contributed by atoms with Gasteiger partial charge in [0.1, 0.15) is 11.6 Å². The maximum absolute atomic E-state index is 13.6. The monoisotopic (exact) mass is 466 g/mol. The summed E-state index contributed by atoms with van der Waals surface area (Å²) in [7, 11) is 4.69. The Morgan fingerprint density at radius 2 is 0.938 bits per heavy atom. The Balaban J connectivity index is 0.000000320. The number of benzene rings is 2. The molecule has 10 nitrogen and oxygen atoms in total. The van der Waals surface area contributed by atoms with Crippen molar-refractivity contribution in [1.29, 1.82) is 0 Å². The summed E-state index contributed by atoms with van der Waals surface area (Å²) < 4.78 is 72.4. The summed E-state index contributed by atoms with van der Waals surface area (Å²) in [5.41, 5.74) is -2.87. The molecule has 0 fully saturated rings. The molecule has 0 aliphatic carbocycles. The van der Waals surface area contributed by atoms with Gasteiger partial charge in [-0.15, -0.1) is 0 Å². The topological polar surface area (TPSA) is 123 Å². The molecular weight excluding hydrogens is 448 g/mol. The van der Waals surface area contributed by atoms with Crippen LogP contribution in [0.2, 0.25) is 0 Å². The van der Waals surface area contributed by atoms with Gasteiger partial charge in [0.2, 0.25) is 11.6 Å². The summed E-state index contributed by atoms with van der Waals surface area (Å²) in [6, 6.07) is 3.08. The molecule has 0 N–H and O–H groups in total. The average molecular weight is 466 g/mol. The molecule has 0 aliphatic rings. The van der Waals surface area contributed by atoms with E-state index in [-0.39, 0.29) is 0 Å². The molecule has 0 saturated heterocycles. The standard InChI is InChI=1S/2C9H9F2NO4/c2*1-15-9(16-2)7-5(10)3-4-6(8(7)11)12(13)14/h2*3-4,9H,1-2H3. The summed E-state index contributed by atoms with van der Waals surface area (Å²) in [6.45, 7) is 0. The van der Waals surface area contributed by atoms with Crippen LogP contribution in [0.25, 0.3) is 0 Å². The van der Waals surface area contributed by atoms with Crippen molar-refractivity contribution in [2.24, 2.45) is 0 Å². The van der Waals surface area contributed by atoms with Crippen molar-refractivity contribution in [1.82, 2.24) is 0 Å². The summed E-state index contributed by atoms with van der Waals surface area (Å²) >= 11 is 0. The molecule has 0 saturated carbocycles. The second kappa shape index (κ2) is 12.0. The van der Waals surface area contributed by atoms with Crippen LogP contribution in [0, 0.1) is 43.5 Å². The number of nitro benzene ring substituents is 2. The zero-order valence-electron chi connectivity index (χ0n) is 17.1. The number of halogens is 4. The van der Waals surface area contributed by atoms with Gasteiger partial charge in [0.25, 0.3) is 0 Å². The molecule has 0 radical (unpaired) electrons. The molecule has 176 valence electrons. The number of hydrogen-bond acceptors (Lipinski definition) is 8. The van der Waals surface area contributed by atoms with E-state index in [1.807, 2.05) is 0 Å². The van der Waals surface area contributed by atoms with Gasteiger partial charge in [0, 0.05) is 40.6 Å². The third-order valence-electron chi connectivity index (χ3n) is 3.93. The maximum atomic E-state index is 13.6. The van der Waals surface area contributed by atoms with Gasteiger partial charge in [-0.3, -0.25) is 20.2 Å². The van der Waals surface area contributed by atoms with Crippen LogP contribution in [0.5, 0.6) is 0 Å². The molecule has 0 bridgehead atoms. The highest BCUT2D eigenvalue weighted by Crippen LogP contribution is 2.30. The maximum Gasteiger partial charge on any atom is 0.305 e. The molecule has 0 spiro atoms. The van der Waals surface area contributed by atoms with Gasteiger partial charge in [-0.05, 0) is 12.1 Å². The van der Waals surface area contributed by atoms with Crippen LogP contribution in [0.4, 0.5) is 28.9 Å². The Morgan fingerprint density at radius 3 is 1.16 bits per heavy atom. The van der Waals surface area contributed by atoms with Gasteiger partial charge in [-0.25, -0.2) is 8.78 Å². The van der Waals surface area contributed by atoms with Crippen LogP contribution < -0.4 is 0 Å². The van der Waals surface area contributed by atoms with E-state index in [4.69, 9.17) is 0 Å². The molecule has 0 atom stereocenters. The van der Waals surface area contributed by atoms with E-state index < -0.39 is 68.2 Å². The first kappa shape index (κ1) is 26.8. The molecule has 0 aliphatic heterocycles. The van der Waals surface area contributed by atoms with Crippen LogP contribution in [0.1, 0.15) is 23.7 Å². The zero-order valence-corrected chi connectivity index (χ0v) is 17.1. The van der Waals surface area contributed by atoms with Gasteiger partial charge in [-0.1, -0.05) is 0 Å². The van der Waals surface area contributed by atoms with E-state index in [0.717, 1.165) is 24.3 Å². The van der Waals surface area contributed by atoms with E-state index >= 15 is 0 Å². The molecule has 14 heteroatoms. The minimum Gasteiger partial charge on any atom is -0.351 e. The highest BCUT2D eigenvalue weighted by molar-refractivity contribution is 5.39. The predicted molar refractivity (Wildman–Crippen MR) is 99.5 cm³/mol. The molecule has 0 heterocycles.